The first-order valence-corrected chi connectivity index (χ1v) is 8.88. The zero-order valence-electron chi connectivity index (χ0n) is 15.6. The Kier molecular flexibility index (Phi) is 6.07. The summed E-state index contributed by atoms with van der Waals surface area (Å²) in [5, 5.41) is 9.24. The van der Waals surface area contributed by atoms with Crippen LogP contribution in [-0.2, 0) is 27.3 Å². The van der Waals surface area contributed by atoms with Crippen LogP contribution >= 0.6 is 0 Å². The molecule has 0 unspecified atom stereocenters. The van der Waals surface area contributed by atoms with Gasteiger partial charge >= 0.3 is 5.97 Å². The smallest absolute Gasteiger partial charge is 0.349 e. The molecule has 0 atom stereocenters. The van der Waals surface area contributed by atoms with Gasteiger partial charge in [0.05, 0.1) is 7.11 Å². The minimum atomic E-state index is -0.816. The monoisotopic (exact) mass is 376 g/mol. The van der Waals surface area contributed by atoms with Crippen molar-refractivity contribution in [1.82, 2.24) is 4.90 Å². The van der Waals surface area contributed by atoms with Gasteiger partial charge in [0.15, 0.2) is 6.61 Å². The molecule has 0 fully saturated rings. The Morgan fingerprint density at radius 3 is 2.54 bits per heavy atom. The zero-order chi connectivity index (χ0) is 19.9. The number of amides is 1. The Bertz CT molecular complexity index is 942. The minimum absolute atomic E-state index is 0.165. The van der Waals surface area contributed by atoms with E-state index in [0.717, 1.165) is 12.0 Å². The number of nitrogens with zero attached hydrogens (tertiary/aromatic N) is 2. The van der Waals surface area contributed by atoms with Crippen LogP contribution < -0.4 is 4.74 Å². The Labute approximate surface area is 163 Å². The van der Waals surface area contributed by atoms with Gasteiger partial charge in [-0.2, -0.15) is 5.26 Å². The highest BCUT2D eigenvalue weighted by Crippen LogP contribution is 2.19. The normalized spacial score (nSPS) is 13.3. The van der Waals surface area contributed by atoms with Crippen LogP contribution in [0.4, 0.5) is 0 Å². The summed E-state index contributed by atoms with van der Waals surface area (Å²) in [5.74, 6) is -0.416. The predicted molar refractivity (Wildman–Crippen MR) is 103 cm³/mol. The molecule has 142 valence electrons. The maximum Gasteiger partial charge on any atom is 0.349 e. The molecule has 0 saturated carbocycles. The summed E-state index contributed by atoms with van der Waals surface area (Å²) in [6.45, 7) is 0.697. The lowest BCUT2D eigenvalue weighted by Gasteiger charge is -2.28. The molecule has 1 aliphatic heterocycles. The van der Waals surface area contributed by atoms with Crippen molar-refractivity contribution in [2.45, 2.75) is 13.0 Å². The third-order valence-corrected chi connectivity index (χ3v) is 4.58. The van der Waals surface area contributed by atoms with E-state index in [1.165, 1.54) is 11.6 Å². The highest BCUT2D eigenvalue weighted by molar-refractivity contribution is 5.98. The fraction of sp³-hybridized carbons (Fsp3) is 0.227. The van der Waals surface area contributed by atoms with Crippen LogP contribution in [0, 0.1) is 11.3 Å². The molecule has 0 saturated heterocycles. The van der Waals surface area contributed by atoms with Crippen LogP contribution in [0.5, 0.6) is 5.75 Å². The molecule has 0 spiro atoms. The highest BCUT2D eigenvalue weighted by Gasteiger charge is 2.22. The van der Waals surface area contributed by atoms with Gasteiger partial charge in [-0.25, -0.2) is 4.79 Å². The van der Waals surface area contributed by atoms with Crippen LogP contribution in [0.15, 0.2) is 54.1 Å². The third-order valence-electron chi connectivity index (χ3n) is 4.58. The van der Waals surface area contributed by atoms with Gasteiger partial charge in [-0.1, -0.05) is 36.4 Å². The second kappa shape index (κ2) is 8.87. The molecular weight excluding hydrogens is 356 g/mol. The molecule has 0 aromatic heterocycles. The fourth-order valence-electron chi connectivity index (χ4n) is 3.01. The lowest BCUT2D eigenvalue weighted by Crippen LogP contribution is -2.38. The van der Waals surface area contributed by atoms with Crippen molar-refractivity contribution in [3.63, 3.8) is 0 Å². The maximum atomic E-state index is 12.4. The van der Waals surface area contributed by atoms with Crippen LogP contribution in [0.1, 0.15) is 16.7 Å². The number of benzene rings is 2. The van der Waals surface area contributed by atoms with Gasteiger partial charge < -0.3 is 14.4 Å². The van der Waals surface area contributed by atoms with E-state index in [2.05, 4.69) is 6.07 Å². The molecule has 0 bridgehead atoms. The van der Waals surface area contributed by atoms with Crippen molar-refractivity contribution in [3.8, 4) is 11.8 Å². The van der Waals surface area contributed by atoms with E-state index in [9.17, 15) is 14.9 Å². The SMILES string of the molecule is COc1ccc(/C=C(\C#N)C(=O)OCC(=O)N2CCc3ccccc3C2)cc1. The van der Waals surface area contributed by atoms with E-state index in [4.69, 9.17) is 9.47 Å². The number of rotatable bonds is 5. The molecule has 3 rings (SSSR count). The Balaban J connectivity index is 1.58. The molecule has 6 nitrogen and oxygen atoms in total. The molecule has 1 aliphatic rings. The number of carbonyl (C=O) groups is 2. The maximum absolute atomic E-state index is 12.4. The number of esters is 1. The summed E-state index contributed by atoms with van der Waals surface area (Å²) in [4.78, 5) is 26.2. The number of methoxy groups -OCH3 is 1. The molecule has 1 heterocycles. The van der Waals surface area contributed by atoms with Crippen LogP contribution in [0.25, 0.3) is 6.08 Å². The Morgan fingerprint density at radius 2 is 1.86 bits per heavy atom. The lowest BCUT2D eigenvalue weighted by atomic mass is 10.00. The number of ether oxygens (including phenoxy) is 2. The van der Waals surface area contributed by atoms with Gasteiger partial charge in [0.25, 0.3) is 5.91 Å². The quantitative estimate of drug-likeness (QED) is 0.455. The zero-order valence-corrected chi connectivity index (χ0v) is 15.6. The molecule has 2 aromatic rings. The van der Waals surface area contributed by atoms with E-state index in [-0.39, 0.29) is 18.1 Å². The molecule has 0 N–H and O–H groups in total. The van der Waals surface area contributed by atoms with Gasteiger partial charge in [-0.05, 0) is 41.3 Å². The molecule has 0 radical (unpaired) electrons. The van der Waals surface area contributed by atoms with Crippen molar-refractivity contribution in [2.75, 3.05) is 20.3 Å². The van der Waals surface area contributed by atoms with Crippen LogP contribution in [0.3, 0.4) is 0 Å². The van der Waals surface area contributed by atoms with E-state index in [1.807, 2.05) is 24.3 Å². The molecule has 6 heteroatoms. The summed E-state index contributed by atoms with van der Waals surface area (Å²) < 4.78 is 10.1. The summed E-state index contributed by atoms with van der Waals surface area (Å²) in [6, 6.07) is 16.7. The van der Waals surface area contributed by atoms with E-state index in [1.54, 1.807) is 36.3 Å². The second-order valence-electron chi connectivity index (χ2n) is 6.35. The third kappa shape index (κ3) is 4.57. The topological polar surface area (TPSA) is 79.6 Å². The Hall–Kier alpha value is -3.59. The van der Waals surface area contributed by atoms with Crippen molar-refractivity contribution in [3.05, 3.63) is 70.8 Å². The number of nitriles is 1. The van der Waals surface area contributed by atoms with Gasteiger partial charge in [0.2, 0.25) is 0 Å². The molecule has 2 aromatic carbocycles. The minimum Gasteiger partial charge on any atom is -0.497 e. The van der Waals surface area contributed by atoms with E-state index in [0.29, 0.717) is 24.4 Å². The van der Waals surface area contributed by atoms with Crippen LogP contribution in [-0.4, -0.2) is 37.0 Å². The van der Waals surface area contributed by atoms with Gasteiger partial charge in [-0.15, -0.1) is 0 Å². The number of hydrogen-bond acceptors (Lipinski definition) is 5. The standard InChI is InChI=1S/C22H20N2O4/c1-27-20-8-6-16(7-9-20)12-19(13-23)22(26)28-15-21(25)24-11-10-17-4-2-3-5-18(17)14-24/h2-9,12H,10-11,14-15H2,1H3/b19-12+. The van der Waals surface area contributed by atoms with Crippen molar-refractivity contribution >= 4 is 18.0 Å². The average molecular weight is 376 g/mol. The van der Waals surface area contributed by atoms with Crippen molar-refractivity contribution in [2.24, 2.45) is 0 Å². The second-order valence-corrected chi connectivity index (χ2v) is 6.35. The van der Waals surface area contributed by atoms with E-state index >= 15 is 0 Å². The molecule has 1 amide bonds. The van der Waals surface area contributed by atoms with Crippen molar-refractivity contribution in [1.29, 1.82) is 5.26 Å². The van der Waals surface area contributed by atoms with Gasteiger partial charge in [0.1, 0.15) is 17.4 Å². The molecule has 28 heavy (non-hydrogen) atoms. The summed E-state index contributed by atoms with van der Waals surface area (Å²) in [5.41, 5.74) is 2.83. The van der Waals surface area contributed by atoms with E-state index < -0.39 is 5.97 Å². The number of hydrogen-bond donors (Lipinski definition) is 0. The van der Waals surface area contributed by atoms with Gasteiger partial charge in [-0.3, -0.25) is 4.79 Å². The Morgan fingerprint density at radius 1 is 1.14 bits per heavy atom. The average Bonchev–Trinajstić information content (AvgIpc) is 2.75. The number of fused-ring (bicyclic) bond motifs is 1. The van der Waals surface area contributed by atoms with Gasteiger partial charge in [0, 0.05) is 13.1 Å². The highest BCUT2D eigenvalue weighted by atomic mass is 16.5. The summed E-state index contributed by atoms with van der Waals surface area (Å²) in [7, 11) is 1.56. The first kappa shape index (κ1) is 19.2. The number of carbonyl (C=O) groups excluding carboxylic acids is 2. The fourth-order valence-corrected chi connectivity index (χ4v) is 3.01. The summed E-state index contributed by atoms with van der Waals surface area (Å²) >= 11 is 0. The lowest BCUT2D eigenvalue weighted by molar-refractivity contribution is -0.149. The molecule has 0 aliphatic carbocycles. The molecular formula is C22H20N2O4. The summed E-state index contributed by atoms with van der Waals surface area (Å²) in [6.07, 6.45) is 2.19. The predicted octanol–water partition coefficient (Wildman–Crippen LogP) is 2.73. The first-order chi connectivity index (χ1) is 13.6. The van der Waals surface area contributed by atoms with Crippen molar-refractivity contribution < 1.29 is 19.1 Å². The van der Waals surface area contributed by atoms with Crippen LogP contribution in [0.2, 0.25) is 0 Å². The first-order valence-electron chi connectivity index (χ1n) is 8.88. The largest absolute Gasteiger partial charge is 0.497 e.